The lowest BCUT2D eigenvalue weighted by atomic mass is 10.1. The van der Waals surface area contributed by atoms with Crippen LogP contribution in [0.2, 0.25) is 0 Å². The van der Waals surface area contributed by atoms with E-state index in [0.717, 1.165) is 26.3 Å². The first kappa shape index (κ1) is 9.12. The van der Waals surface area contributed by atoms with Gasteiger partial charge in [-0.15, -0.1) is 11.3 Å². The second-order valence-electron chi connectivity index (χ2n) is 3.34. The predicted molar refractivity (Wildman–Crippen MR) is 52.7 cm³/mol. The van der Waals surface area contributed by atoms with Crippen LogP contribution in [0.1, 0.15) is 11.3 Å². The number of thiazole rings is 1. The molecule has 0 spiro atoms. The molecule has 0 unspecified atom stereocenters. The van der Waals surface area contributed by atoms with Crippen LogP contribution in [-0.4, -0.2) is 24.7 Å². The predicted octanol–water partition coefficient (Wildman–Crippen LogP) is 1.27. The summed E-state index contributed by atoms with van der Waals surface area (Å²) in [5, 5.41) is 3.33. The molecule has 13 heavy (non-hydrogen) atoms. The maximum Gasteiger partial charge on any atom is 0.0825 e. The Balaban J connectivity index is 1.63. The molecule has 1 aliphatic rings. The summed E-state index contributed by atoms with van der Waals surface area (Å²) in [6.45, 7) is 3.86. The van der Waals surface area contributed by atoms with Gasteiger partial charge in [-0.1, -0.05) is 0 Å². The number of aromatic nitrogens is 1. The van der Waals surface area contributed by atoms with Gasteiger partial charge >= 0.3 is 0 Å². The topological polar surface area (TPSA) is 34.1 Å². The van der Waals surface area contributed by atoms with Gasteiger partial charge in [0.15, 0.2) is 0 Å². The van der Waals surface area contributed by atoms with Crippen LogP contribution in [0.4, 0.5) is 0 Å². The molecule has 72 valence electrons. The Morgan fingerprint density at radius 2 is 2.69 bits per heavy atom. The molecule has 1 N–H and O–H groups in total. The summed E-state index contributed by atoms with van der Waals surface area (Å²) < 4.78 is 5.59. The Kier molecular flexibility index (Phi) is 3.29. The fourth-order valence-corrected chi connectivity index (χ4v) is 2.03. The lowest BCUT2D eigenvalue weighted by Gasteiger charge is -2.07. The molecule has 0 aliphatic carbocycles. The molecule has 4 heteroatoms. The minimum atomic E-state index is 0.716. The van der Waals surface area contributed by atoms with Crippen LogP contribution in [0, 0.1) is 5.92 Å². The molecule has 1 aromatic rings. The van der Waals surface area contributed by atoms with Gasteiger partial charge in [-0.3, -0.25) is 4.98 Å². The Labute approximate surface area is 82.1 Å². The van der Waals surface area contributed by atoms with Crippen LogP contribution in [0.5, 0.6) is 0 Å². The fourth-order valence-electron chi connectivity index (χ4n) is 1.50. The van der Waals surface area contributed by atoms with E-state index in [2.05, 4.69) is 10.3 Å². The molecular formula is C9H14N2OS. The third-order valence-corrected chi connectivity index (χ3v) is 3.00. The summed E-state index contributed by atoms with van der Waals surface area (Å²) in [6, 6.07) is 0. The van der Waals surface area contributed by atoms with Gasteiger partial charge in [-0.2, -0.15) is 0 Å². The average Bonchev–Trinajstić information content (AvgIpc) is 2.75. The molecule has 2 heterocycles. The van der Waals surface area contributed by atoms with Crippen molar-refractivity contribution >= 4 is 11.3 Å². The number of nitrogens with one attached hydrogen (secondary N) is 1. The molecule has 3 nitrogen and oxygen atoms in total. The molecule has 1 aromatic heterocycles. The van der Waals surface area contributed by atoms with Gasteiger partial charge in [0.2, 0.25) is 0 Å². The number of rotatable bonds is 4. The smallest absolute Gasteiger partial charge is 0.0825 e. The standard InChI is InChI=1S/C9H14N2OS/c1-2-10-3-8(1)5-12-6-9-4-11-7-13-9/h4,7-8,10H,1-3,5-6H2/t8-/m1/s1. The Bertz CT molecular complexity index is 232. The van der Waals surface area contributed by atoms with Crippen molar-refractivity contribution in [2.75, 3.05) is 19.7 Å². The molecule has 0 bridgehead atoms. The van der Waals surface area contributed by atoms with E-state index in [4.69, 9.17) is 4.74 Å². The zero-order valence-corrected chi connectivity index (χ0v) is 8.35. The molecule has 1 fully saturated rings. The molecule has 0 aromatic carbocycles. The monoisotopic (exact) mass is 198 g/mol. The van der Waals surface area contributed by atoms with Gasteiger partial charge < -0.3 is 10.1 Å². The van der Waals surface area contributed by atoms with Gasteiger partial charge in [-0.05, 0) is 18.9 Å². The normalized spacial score (nSPS) is 22.3. The zero-order chi connectivity index (χ0) is 8.93. The Morgan fingerprint density at radius 1 is 1.69 bits per heavy atom. The third kappa shape index (κ3) is 2.76. The second kappa shape index (κ2) is 4.69. The quantitative estimate of drug-likeness (QED) is 0.791. The van der Waals surface area contributed by atoms with E-state index in [1.165, 1.54) is 11.3 Å². The van der Waals surface area contributed by atoms with Gasteiger partial charge in [0.1, 0.15) is 0 Å². The summed E-state index contributed by atoms with van der Waals surface area (Å²) >= 11 is 1.65. The van der Waals surface area contributed by atoms with Crippen molar-refractivity contribution in [3.05, 3.63) is 16.6 Å². The number of nitrogens with zero attached hydrogens (tertiary/aromatic N) is 1. The highest BCUT2D eigenvalue weighted by Crippen LogP contribution is 2.11. The average molecular weight is 198 g/mol. The van der Waals surface area contributed by atoms with E-state index in [0.29, 0.717) is 5.92 Å². The molecule has 1 atom stereocenters. The molecule has 2 rings (SSSR count). The molecular weight excluding hydrogens is 184 g/mol. The lowest BCUT2D eigenvalue weighted by molar-refractivity contribution is 0.0942. The first-order valence-electron chi connectivity index (χ1n) is 4.61. The molecule has 1 saturated heterocycles. The first-order valence-corrected chi connectivity index (χ1v) is 5.49. The van der Waals surface area contributed by atoms with Crippen LogP contribution in [0.25, 0.3) is 0 Å². The minimum absolute atomic E-state index is 0.716. The maximum atomic E-state index is 5.59. The molecule has 0 amide bonds. The fraction of sp³-hybridized carbons (Fsp3) is 0.667. The van der Waals surface area contributed by atoms with Crippen molar-refractivity contribution in [1.29, 1.82) is 0 Å². The lowest BCUT2D eigenvalue weighted by Crippen LogP contribution is -2.13. The first-order chi connectivity index (χ1) is 6.45. The van der Waals surface area contributed by atoms with Crippen molar-refractivity contribution in [2.45, 2.75) is 13.0 Å². The van der Waals surface area contributed by atoms with E-state index in [1.54, 1.807) is 11.3 Å². The van der Waals surface area contributed by atoms with Crippen molar-refractivity contribution in [3.8, 4) is 0 Å². The van der Waals surface area contributed by atoms with Crippen molar-refractivity contribution in [1.82, 2.24) is 10.3 Å². The summed E-state index contributed by atoms with van der Waals surface area (Å²) in [5.41, 5.74) is 1.84. The maximum absolute atomic E-state index is 5.59. The summed E-state index contributed by atoms with van der Waals surface area (Å²) in [5.74, 6) is 0.716. The Morgan fingerprint density at radius 3 is 3.38 bits per heavy atom. The van der Waals surface area contributed by atoms with Crippen molar-refractivity contribution in [3.63, 3.8) is 0 Å². The van der Waals surface area contributed by atoms with E-state index in [9.17, 15) is 0 Å². The van der Waals surface area contributed by atoms with Crippen LogP contribution in [-0.2, 0) is 11.3 Å². The van der Waals surface area contributed by atoms with Crippen molar-refractivity contribution < 1.29 is 4.74 Å². The molecule has 0 radical (unpaired) electrons. The van der Waals surface area contributed by atoms with Gasteiger partial charge in [0.25, 0.3) is 0 Å². The molecule has 0 saturated carbocycles. The van der Waals surface area contributed by atoms with Crippen LogP contribution < -0.4 is 5.32 Å². The van der Waals surface area contributed by atoms with Crippen LogP contribution in [0.15, 0.2) is 11.7 Å². The SMILES string of the molecule is c1ncc(COC[C@@H]2CCNC2)s1. The number of ether oxygens (including phenoxy) is 1. The second-order valence-corrected chi connectivity index (χ2v) is 4.31. The highest BCUT2D eigenvalue weighted by atomic mass is 32.1. The van der Waals surface area contributed by atoms with E-state index in [-0.39, 0.29) is 0 Å². The van der Waals surface area contributed by atoms with Gasteiger partial charge in [-0.25, -0.2) is 0 Å². The van der Waals surface area contributed by atoms with E-state index >= 15 is 0 Å². The highest BCUT2D eigenvalue weighted by molar-refractivity contribution is 7.09. The highest BCUT2D eigenvalue weighted by Gasteiger charge is 2.13. The number of hydrogen-bond acceptors (Lipinski definition) is 4. The van der Waals surface area contributed by atoms with Gasteiger partial charge in [0, 0.05) is 12.7 Å². The van der Waals surface area contributed by atoms with Crippen LogP contribution >= 0.6 is 11.3 Å². The summed E-state index contributed by atoms with van der Waals surface area (Å²) in [6.07, 6.45) is 3.13. The summed E-state index contributed by atoms with van der Waals surface area (Å²) in [7, 11) is 0. The molecule has 1 aliphatic heterocycles. The Hall–Kier alpha value is -0.450. The summed E-state index contributed by atoms with van der Waals surface area (Å²) in [4.78, 5) is 5.21. The zero-order valence-electron chi connectivity index (χ0n) is 7.53. The van der Waals surface area contributed by atoms with Crippen LogP contribution in [0.3, 0.4) is 0 Å². The third-order valence-electron chi connectivity index (χ3n) is 2.24. The van der Waals surface area contributed by atoms with Crippen molar-refractivity contribution in [2.24, 2.45) is 5.92 Å². The van der Waals surface area contributed by atoms with Gasteiger partial charge in [0.05, 0.1) is 23.6 Å². The largest absolute Gasteiger partial charge is 0.376 e. The number of hydrogen-bond donors (Lipinski definition) is 1. The van der Waals surface area contributed by atoms with E-state index in [1.807, 2.05) is 11.7 Å². The minimum Gasteiger partial charge on any atom is -0.376 e. The van der Waals surface area contributed by atoms with E-state index < -0.39 is 0 Å².